The van der Waals surface area contributed by atoms with Crippen molar-refractivity contribution < 1.29 is 73.9 Å². The Labute approximate surface area is 108 Å². The molecule has 0 amide bonds. The second-order valence-electron chi connectivity index (χ2n) is 2.40. The third kappa shape index (κ3) is 3.59. The SMILES string of the molecule is O=S(=O)(O)[C-](F)C(F)(F)C(F)(F)C(F)(F)F.[Hf]. The van der Waals surface area contributed by atoms with Gasteiger partial charge in [0.15, 0.2) is 10.1 Å². The van der Waals surface area contributed by atoms with Crippen molar-refractivity contribution in [3.63, 3.8) is 0 Å². The van der Waals surface area contributed by atoms with Crippen LogP contribution in [-0.2, 0) is 36.0 Å². The zero-order valence-corrected chi connectivity index (χ0v) is 11.6. The van der Waals surface area contributed by atoms with Crippen molar-refractivity contribution in [1.82, 2.24) is 0 Å². The Morgan fingerprint density at radius 2 is 1.24 bits per heavy atom. The minimum absolute atomic E-state index is 0. The summed E-state index contributed by atoms with van der Waals surface area (Å²) >= 11 is 0. The zero-order valence-electron chi connectivity index (χ0n) is 7.20. The minimum atomic E-state index is -6.97. The molecule has 0 aromatic rings. The summed E-state index contributed by atoms with van der Waals surface area (Å²) in [6, 6.07) is 0. The quantitative estimate of drug-likeness (QED) is 0.305. The van der Waals surface area contributed by atoms with Gasteiger partial charge in [0.1, 0.15) is 0 Å². The third-order valence-electron chi connectivity index (χ3n) is 1.22. The molecule has 102 valence electrons. The second kappa shape index (κ2) is 5.07. The van der Waals surface area contributed by atoms with Gasteiger partial charge in [-0.2, -0.15) is 22.0 Å². The van der Waals surface area contributed by atoms with Crippen molar-refractivity contribution in [2.75, 3.05) is 0 Å². The van der Waals surface area contributed by atoms with Gasteiger partial charge in [-0.15, -0.1) is 0 Å². The first kappa shape index (κ1) is 19.6. The average Bonchev–Trinajstić information content (AvgIpc) is 1.98. The van der Waals surface area contributed by atoms with E-state index in [0.29, 0.717) is 0 Å². The van der Waals surface area contributed by atoms with Crippen LogP contribution in [0.2, 0.25) is 0 Å². The van der Waals surface area contributed by atoms with Crippen molar-refractivity contribution in [3.05, 3.63) is 5.50 Å². The number of alkyl halides is 7. The van der Waals surface area contributed by atoms with Gasteiger partial charge in [-0.25, -0.2) is 17.2 Å². The molecular weight excluding hydrogens is 459 g/mol. The number of halogens is 8. The van der Waals surface area contributed by atoms with Gasteiger partial charge in [-0.05, 0) is 0 Å². The monoisotopic (exact) mass is 461 g/mol. The normalized spacial score (nSPS) is 14.7. The van der Waals surface area contributed by atoms with Crippen LogP contribution in [0.1, 0.15) is 0 Å². The maximum atomic E-state index is 12.2. The Bertz CT molecular complexity index is 361. The summed E-state index contributed by atoms with van der Waals surface area (Å²) in [6.45, 7) is 0. The fourth-order valence-corrected chi connectivity index (χ4v) is 0.916. The Balaban J connectivity index is 0. The van der Waals surface area contributed by atoms with E-state index in [2.05, 4.69) is 0 Å². The molecule has 13 heteroatoms. The van der Waals surface area contributed by atoms with Crippen molar-refractivity contribution >= 4 is 10.1 Å². The fraction of sp³-hybridized carbons (Fsp3) is 0.750. The summed E-state index contributed by atoms with van der Waals surface area (Å²) in [7, 11) is -6.48. The Hall–Kier alpha value is 0.220. The molecule has 0 bridgehead atoms. The summed E-state index contributed by atoms with van der Waals surface area (Å²) in [5.74, 6) is -13.7. The summed E-state index contributed by atoms with van der Waals surface area (Å²) in [4.78, 5) is 0. The van der Waals surface area contributed by atoms with Gasteiger partial charge in [0.2, 0.25) is 5.92 Å². The van der Waals surface area contributed by atoms with Crippen molar-refractivity contribution in [3.8, 4) is 0 Å². The second-order valence-corrected chi connectivity index (χ2v) is 3.70. The molecule has 0 aromatic carbocycles. The van der Waals surface area contributed by atoms with Gasteiger partial charge < -0.3 is 8.94 Å². The predicted molar refractivity (Wildman–Crippen MR) is 31.8 cm³/mol. The van der Waals surface area contributed by atoms with Gasteiger partial charge in [0.05, 0.1) is 5.50 Å². The van der Waals surface area contributed by atoms with E-state index in [9.17, 15) is 43.5 Å². The van der Waals surface area contributed by atoms with Gasteiger partial charge in [-0.1, -0.05) is 0 Å². The predicted octanol–water partition coefficient (Wildman–Crippen LogP) is 2.16. The molecule has 0 atom stereocenters. The van der Waals surface area contributed by atoms with Crippen molar-refractivity contribution in [1.29, 1.82) is 0 Å². The van der Waals surface area contributed by atoms with Gasteiger partial charge in [0.25, 0.3) is 0 Å². The Morgan fingerprint density at radius 3 is 1.41 bits per heavy atom. The number of rotatable bonds is 3. The third-order valence-corrected chi connectivity index (χ3v) is 1.93. The molecule has 0 aromatic heterocycles. The molecule has 1 N–H and O–H groups in total. The summed E-state index contributed by atoms with van der Waals surface area (Å²) in [5, 5.41) is 0. The van der Waals surface area contributed by atoms with E-state index < -0.39 is 33.6 Å². The molecule has 17 heavy (non-hydrogen) atoms. The molecule has 0 radical (unpaired) electrons. The van der Waals surface area contributed by atoms with Crippen LogP contribution in [0, 0.1) is 5.50 Å². The molecule has 0 saturated carbocycles. The van der Waals surface area contributed by atoms with Gasteiger partial charge in [0, 0.05) is 25.8 Å². The standard InChI is InChI=1S/C4HF8O3S.Hf/c5-1(16(13,14)15)2(6,7)3(8,9)4(10,11)12;/h(H,13,14,15);/q-1;. The van der Waals surface area contributed by atoms with E-state index in [1.165, 1.54) is 0 Å². The maximum Gasteiger partial charge on any atom is 0.456 e. The largest absolute Gasteiger partial charge is 0.456 e. The first-order valence-electron chi connectivity index (χ1n) is 2.98. The first-order chi connectivity index (χ1) is 6.65. The molecule has 0 rings (SSSR count). The van der Waals surface area contributed by atoms with Crippen LogP contribution >= 0.6 is 0 Å². The summed E-state index contributed by atoms with van der Waals surface area (Å²) in [5.41, 5.74) is -4.18. The van der Waals surface area contributed by atoms with Crippen LogP contribution in [-0.4, -0.2) is 31.0 Å². The van der Waals surface area contributed by atoms with Crippen LogP contribution in [0.25, 0.3) is 0 Å². The Morgan fingerprint density at radius 1 is 0.941 bits per heavy atom. The van der Waals surface area contributed by atoms with E-state index in [4.69, 9.17) is 4.55 Å². The Kier molecular flexibility index (Phi) is 5.83. The summed E-state index contributed by atoms with van der Waals surface area (Å²) in [6.07, 6.45) is -6.89. The molecule has 0 aliphatic rings. The smallest absolute Gasteiger partial charge is 0.431 e. The molecule has 0 aliphatic heterocycles. The minimum Gasteiger partial charge on any atom is -0.431 e. The molecule has 0 saturated heterocycles. The molecule has 3 nitrogen and oxygen atoms in total. The van der Waals surface area contributed by atoms with E-state index >= 15 is 0 Å². The molecule has 0 unspecified atom stereocenters. The summed E-state index contributed by atoms with van der Waals surface area (Å²) < 4.78 is 122. The van der Waals surface area contributed by atoms with Crippen LogP contribution in [0.5, 0.6) is 0 Å². The van der Waals surface area contributed by atoms with Gasteiger partial charge >= 0.3 is 12.1 Å². The number of hydrogen-bond acceptors (Lipinski definition) is 2. The van der Waals surface area contributed by atoms with Gasteiger partial charge in [-0.3, -0.25) is 0 Å². The van der Waals surface area contributed by atoms with Crippen LogP contribution in [0.4, 0.5) is 35.1 Å². The van der Waals surface area contributed by atoms with E-state index in [0.717, 1.165) is 0 Å². The molecule has 0 heterocycles. The van der Waals surface area contributed by atoms with Crippen LogP contribution in [0.3, 0.4) is 0 Å². The molecule has 0 fully saturated rings. The fourth-order valence-electron chi connectivity index (χ4n) is 0.463. The van der Waals surface area contributed by atoms with Crippen molar-refractivity contribution in [2.24, 2.45) is 0 Å². The van der Waals surface area contributed by atoms with Crippen molar-refractivity contribution in [2.45, 2.75) is 18.0 Å². The van der Waals surface area contributed by atoms with E-state index in [-0.39, 0.29) is 25.8 Å². The molecule has 0 aliphatic carbocycles. The average molecular weight is 460 g/mol. The van der Waals surface area contributed by atoms with Crippen LogP contribution < -0.4 is 0 Å². The molecular formula is C4HF8HfO3S-. The van der Waals surface area contributed by atoms with E-state index in [1.807, 2.05) is 0 Å². The van der Waals surface area contributed by atoms with E-state index in [1.54, 1.807) is 0 Å². The van der Waals surface area contributed by atoms with Crippen LogP contribution in [0.15, 0.2) is 0 Å². The maximum absolute atomic E-state index is 12.2. The zero-order chi connectivity index (χ0) is 13.6. The topological polar surface area (TPSA) is 54.4 Å². The first-order valence-corrected chi connectivity index (χ1v) is 4.42. The molecule has 0 spiro atoms. The number of hydrogen-bond donors (Lipinski definition) is 1.